The Morgan fingerprint density at radius 2 is 2.12 bits per heavy atom. The van der Waals surface area contributed by atoms with Gasteiger partial charge in [-0.1, -0.05) is 0 Å². The molecule has 0 saturated carbocycles. The van der Waals surface area contributed by atoms with E-state index in [1.165, 1.54) is 0 Å². The number of anilines is 1. The van der Waals surface area contributed by atoms with E-state index in [9.17, 15) is 0 Å². The molecule has 1 atom stereocenters. The molecule has 3 aromatic heterocycles. The Labute approximate surface area is 144 Å². The van der Waals surface area contributed by atoms with Crippen LogP contribution in [0.1, 0.15) is 29.4 Å². The van der Waals surface area contributed by atoms with Gasteiger partial charge in [-0.25, -0.2) is 9.67 Å². The molecule has 0 aromatic carbocycles. The molecule has 0 saturated heterocycles. The van der Waals surface area contributed by atoms with Crippen molar-refractivity contribution in [2.75, 3.05) is 19.1 Å². The van der Waals surface area contributed by atoms with Crippen LogP contribution >= 0.6 is 11.3 Å². The SMILES string of the molecule is COC(C)c1nc(CN(C)c2ccc(-n3ccc(C)n3)nn2)cs1. The molecule has 3 heterocycles. The highest BCUT2D eigenvalue weighted by molar-refractivity contribution is 7.09. The van der Waals surface area contributed by atoms with Gasteiger partial charge in [0, 0.05) is 25.7 Å². The lowest BCUT2D eigenvalue weighted by Crippen LogP contribution is -2.18. The van der Waals surface area contributed by atoms with E-state index in [-0.39, 0.29) is 6.10 Å². The van der Waals surface area contributed by atoms with Gasteiger partial charge in [-0.2, -0.15) is 5.10 Å². The first kappa shape index (κ1) is 16.5. The van der Waals surface area contributed by atoms with E-state index in [0.717, 1.165) is 22.2 Å². The molecule has 3 aromatic rings. The minimum absolute atomic E-state index is 0.0191. The highest BCUT2D eigenvalue weighted by atomic mass is 32.1. The minimum atomic E-state index is 0.0191. The summed E-state index contributed by atoms with van der Waals surface area (Å²) in [5.41, 5.74) is 1.94. The zero-order valence-electron chi connectivity index (χ0n) is 14.2. The Bertz CT molecular complexity index is 797. The Balaban J connectivity index is 1.68. The highest BCUT2D eigenvalue weighted by Gasteiger charge is 2.12. The third-order valence-electron chi connectivity index (χ3n) is 3.65. The minimum Gasteiger partial charge on any atom is -0.375 e. The monoisotopic (exact) mass is 344 g/mol. The van der Waals surface area contributed by atoms with E-state index in [0.29, 0.717) is 12.4 Å². The maximum atomic E-state index is 5.30. The van der Waals surface area contributed by atoms with Crippen LogP contribution in [0, 0.1) is 6.92 Å². The molecule has 0 amide bonds. The Morgan fingerprint density at radius 1 is 1.29 bits per heavy atom. The summed E-state index contributed by atoms with van der Waals surface area (Å²) in [6.45, 7) is 4.61. The summed E-state index contributed by atoms with van der Waals surface area (Å²) in [5, 5.41) is 15.9. The van der Waals surface area contributed by atoms with E-state index in [4.69, 9.17) is 4.74 Å². The van der Waals surface area contributed by atoms with E-state index in [2.05, 4.69) is 25.7 Å². The number of hydrogen-bond acceptors (Lipinski definition) is 7. The summed E-state index contributed by atoms with van der Waals surface area (Å²) < 4.78 is 7.01. The number of hydrogen-bond donors (Lipinski definition) is 0. The molecule has 0 N–H and O–H groups in total. The van der Waals surface area contributed by atoms with Gasteiger partial charge in [0.1, 0.15) is 11.1 Å². The van der Waals surface area contributed by atoms with Crippen LogP contribution in [0.25, 0.3) is 5.82 Å². The van der Waals surface area contributed by atoms with Crippen LogP contribution in [0.5, 0.6) is 0 Å². The van der Waals surface area contributed by atoms with Crippen LogP contribution in [0.4, 0.5) is 5.82 Å². The molecule has 0 spiro atoms. The summed E-state index contributed by atoms with van der Waals surface area (Å²) in [7, 11) is 3.66. The normalized spacial score (nSPS) is 12.3. The first-order chi connectivity index (χ1) is 11.6. The standard InChI is InChI=1S/C16H20N6OS/c1-11-7-8-22(20-11)15-6-5-14(18-19-15)21(3)9-13-10-24-16(17-13)12(2)23-4/h5-8,10,12H,9H2,1-4H3. The Kier molecular flexibility index (Phi) is 4.86. The van der Waals surface area contributed by atoms with Crippen molar-refractivity contribution in [3.63, 3.8) is 0 Å². The molecule has 0 aliphatic rings. The van der Waals surface area contributed by atoms with Gasteiger partial charge in [-0.05, 0) is 32.0 Å². The van der Waals surface area contributed by atoms with Gasteiger partial charge in [-0.3, -0.25) is 0 Å². The fourth-order valence-corrected chi connectivity index (χ4v) is 3.04. The summed E-state index contributed by atoms with van der Waals surface area (Å²) in [6, 6.07) is 5.78. The van der Waals surface area contributed by atoms with Crippen LogP contribution in [0.2, 0.25) is 0 Å². The molecule has 7 nitrogen and oxygen atoms in total. The number of methoxy groups -OCH3 is 1. The van der Waals surface area contributed by atoms with Crippen molar-refractivity contribution in [3.05, 3.63) is 46.2 Å². The number of ether oxygens (including phenoxy) is 1. The second-order valence-corrected chi connectivity index (χ2v) is 6.45. The quantitative estimate of drug-likeness (QED) is 0.685. The van der Waals surface area contributed by atoms with Crippen LogP contribution in [0.15, 0.2) is 29.8 Å². The molecule has 0 bridgehead atoms. The van der Waals surface area contributed by atoms with E-state index < -0.39 is 0 Å². The molecule has 24 heavy (non-hydrogen) atoms. The van der Waals surface area contributed by atoms with E-state index >= 15 is 0 Å². The van der Waals surface area contributed by atoms with Crippen molar-refractivity contribution in [1.82, 2.24) is 25.0 Å². The molecule has 0 aliphatic carbocycles. The average molecular weight is 344 g/mol. The fourth-order valence-electron chi connectivity index (χ4n) is 2.19. The maximum absolute atomic E-state index is 5.30. The van der Waals surface area contributed by atoms with Crippen LogP contribution in [0.3, 0.4) is 0 Å². The second-order valence-electron chi connectivity index (χ2n) is 5.56. The van der Waals surface area contributed by atoms with E-state index in [1.54, 1.807) is 23.1 Å². The van der Waals surface area contributed by atoms with Gasteiger partial charge in [0.15, 0.2) is 11.6 Å². The summed E-state index contributed by atoms with van der Waals surface area (Å²) in [5.74, 6) is 1.49. The van der Waals surface area contributed by atoms with Crippen LogP contribution in [-0.4, -0.2) is 39.1 Å². The summed E-state index contributed by atoms with van der Waals surface area (Å²) in [6.07, 6.45) is 1.89. The predicted molar refractivity (Wildman–Crippen MR) is 93.5 cm³/mol. The summed E-state index contributed by atoms with van der Waals surface area (Å²) in [4.78, 5) is 6.62. The number of aromatic nitrogens is 5. The highest BCUT2D eigenvalue weighted by Crippen LogP contribution is 2.22. The molecule has 3 rings (SSSR count). The third-order valence-corrected chi connectivity index (χ3v) is 4.71. The third kappa shape index (κ3) is 3.60. The topological polar surface area (TPSA) is 69.0 Å². The second kappa shape index (κ2) is 7.06. The van der Waals surface area contributed by atoms with Crippen molar-refractivity contribution in [2.45, 2.75) is 26.5 Å². The van der Waals surface area contributed by atoms with Crippen molar-refractivity contribution >= 4 is 17.2 Å². The first-order valence-electron chi connectivity index (χ1n) is 7.61. The van der Waals surface area contributed by atoms with Crippen molar-refractivity contribution in [1.29, 1.82) is 0 Å². The molecule has 126 valence electrons. The average Bonchev–Trinajstić information content (AvgIpc) is 3.23. The van der Waals surface area contributed by atoms with Gasteiger partial charge in [0.2, 0.25) is 0 Å². The molecule has 8 heteroatoms. The van der Waals surface area contributed by atoms with Gasteiger partial charge < -0.3 is 9.64 Å². The summed E-state index contributed by atoms with van der Waals surface area (Å²) >= 11 is 1.61. The Hall–Kier alpha value is -2.32. The smallest absolute Gasteiger partial charge is 0.175 e. The first-order valence-corrected chi connectivity index (χ1v) is 8.49. The van der Waals surface area contributed by atoms with Gasteiger partial charge >= 0.3 is 0 Å². The molecular formula is C16H20N6OS. The van der Waals surface area contributed by atoms with Crippen molar-refractivity contribution in [3.8, 4) is 5.82 Å². The maximum Gasteiger partial charge on any atom is 0.175 e. The lowest BCUT2D eigenvalue weighted by atomic mass is 10.4. The molecule has 0 radical (unpaired) electrons. The zero-order valence-corrected chi connectivity index (χ0v) is 15.0. The number of nitrogens with zero attached hydrogens (tertiary/aromatic N) is 6. The van der Waals surface area contributed by atoms with Gasteiger partial charge in [-0.15, -0.1) is 21.5 Å². The zero-order chi connectivity index (χ0) is 17.1. The molecule has 1 unspecified atom stereocenters. The molecule has 0 fully saturated rings. The lowest BCUT2D eigenvalue weighted by Gasteiger charge is -2.16. The predicted octanol–water partition coefficient (Wildman–Crippen LogP) is 2.77. The van der Waals surface area contributed by atoms with Crippen molar-refractivity contribution in [2.24, 2.45) is 0 Å². The van der Waals surface area contributed by atoms with Crippen molar-refractivity contribution < 1.29 is 4.74 Å². The number of aryl methyl sites for hydroxylation is 1. The number of thiazole rings is 1. The number of rotatable bonds is 6. The largest absolute Gasteiger partial charge is 0.375 e. The van der Waals surface area contributed by atoms with Crippen LogP contribution in [-0.2, 0) is 11.3 Å². The van der Waals surface area contributed by atoms with Gasteiger partial charge in [0.05, 0.1) is 17.9 Å². The molecular weight excluding hydrogens is 324 g/mol. The van der Waals surface area contributed by atoms with Crippen LogP contribution < -0.4 is 4.90 Å². The lowest BCUT2D eigenvalue weighted by molar-refractivity contribution is 0.119. The molecule has 0 aliphatic heterocycles. The van der Waals surface area contributed by atoms with Gasteiger partial charge in [0.25, 0.3) is 0 Å². The Morgan fingerprint density at radius 3 is 2.75 bits per heavy atom. The fraction of sp³-hybridized carbons (Fsp3) is 0.375. The van der Waals surface area contributed by atoms with E-state index in [1.807, 2.05) is 50.2 Å².